The van der Waals surface area contributed by atoms with Crippen LogP contribution < -0.4 is 0 Å². The average molecular weight is 256 g/mol. The molecule has 106 valence electrons. The second-order valence-electron chi connectivity index (χ2n) is 6.63. The zero-order valence-corrected chi connectivity index (χ0v) is 12.3. The van der Waals surface area contributed by atoms with Gasteiger partial charge in [0.2, 0.25) is 0 Å². The van der Waals surface area contributed by atoms with Crippen molar-refractivity contribution in [2.24, 2.45) is 5.92 Å². The van der Waals surface area contributed by atoms with Crippen molar-refractivity contribution in [1.82, 2.24) is 0 Å². The van der Waals surface area contributed by atoms with Gasteiger partial charge in [0.1, 0.15) is 5.60 Å². The van der Waals surface area contributed by atoms with Gasteiger partial charge in [0.05, 0.1) is 11.5 Å². The zero-order valence-electron chi connectivity index (χ0n) is 12.3. The summed E-state index contributed by atoms with van der Waals surface area (Å²) in [5, 5.41) is 10.7. The highest BCUT2D eigenvalue weighted by molar-refractivity contribution is 5.73. The highest BCUT2D eigenvalue weighted by Crippen LogP contribution is 2.33. The van der Waals surface area contributed by atoms with E-state index in [1.165, 1.54) is 6.42 Å². The molecule has 0 radical (unpaired) electrons. The minimum atomic E-state index is -0.872. The quantitative estimate of drug-likeness (QED) is 0.770. The standard InChI is InChI=1S/C15H28O3/c1-12(13(16)18-14(2,3)4)15(17)10-8-6-5-7-9-11-15/h12,17H,5-11H2,1-4H3. The average Bonchev–Trinajstić information content (AvgIpc) is 2.20. The van der Waals surface area contributed by atoms with Crippen molar-refractivity contribution in [2.75, 3.05) is 0 Å². The normalized spacial score (nSPS) is 22.7. The van der Waals surface area contributed by atoms with Gasteiger partial charge in [-0.25, -0.2) is 0 Å². The molecule has 1 aliphatic rings. The number of hydrogen-bond donors (Lipinski definition) is 1. The van der Waals surface area contributed by atoms with E-state index in [1.807, 2.05) is 20.8 Å². The monoisotopic (exact) mass is 256 g/mol. The van der Waals surface area contributed by atoms with E-state index in [9.17, 15) is 9.90 Å². The molecule has 3 heteroatoms. The Kier molecular flexibility index (Phi) is 5.20. The molecule has 0 amide bonds. The van der Waals surface area contributed by atoms with E-state index in [0.29, 0.717) is 12.8 Å². The highest BCUT2D eigenvalue weighted by atomic mass is 16.6. The smallest absolute Gasteiger partial charge is 0.312 e. The van der Waals surface area contributed by atoms with E-state index in [2.05, 4.69) is 0 Å². The number of esters is 1. The van der Waals surface area contributed by atoms with Gasteiger partial charge < -0.3 is 9.84 Å². The molecule has 3 nitrogen and oxygen atoms in total. The third-order valence-corrected chi connectivity index (χ3v) is 3.79. The topological polar surface area (TPSA) is 46.5 Å². The van der Waals surface area contributed by atoms with Crippen molar-refractivity contribution in [3.8, 4) is 0 Å². The maximum absolute atomic E-state index is 12.1. The second kappa shape index (κ2) is 6.05. The summed E-state index contributed by atoms with van der Waals surface area (Å²) in [6.45, 7) is 7.38. The van der Waals surface area contributed by atoms with Crippen molar-refractivity contribution < 1.29 is 14.6 Å². The van der Waals surface area contributed by atoms with Gasteiger partial charge in [-0.2, -0.15) is 0 Å². The second-order valence-corrected chi connectivity index (χ2v) is 6.63. The number of hydrogen-bond acceptors (Lipinski definition) is 3. The molecule has 0 aromatic rings. The van der Waals surface area contributed by atoms with Crippen molar-refractivity contribution in [3.05, 3.63) is 0 Å². The molecule has 1 saturated carbocycles. The van der Waals surface area contributed by atoms with Crippen LogP contribution in [0, 0.1) is 5.92 Å². The molecule has 18 heavy (non-hydrogen) atoms. The van der Waals surface area contributed by atoms with Crippen LogP contribution >= 0.6 is 0 Å². The Morgan fingerprint density at radius 1 is 1.11 bits per heavy atom. The molecule has 1 atom stereocenters. The summed E-state index contributed by atoms with van der Waals surface area (Å²) in [6.07, 6.45) is 7.00. The van der Waals surface area contributed by atoms with Crippen LogP contribution in [0.1, 0.15) is 72.6 Å². The summed E-state index contributed by atoms with van der Waals surface area (Å²) in [6, 6.07) is 0. The lowest BCUT2D eigenvalue weighted by Gasteiger charge is -2.35. The molecule has 0 aromatic carbocycles. The van der Waals surface area contributed by atoms with Gasteiger partial charge in [-0.3, -0.25) is 4.79 Å². The predicted molar refractivity (Wildman–Crippen MR) is 72.3 cm³/mol. The molecule has 1 unspecified atom stereocenters. The third kappa shape index (κ3) is 4.60. The lowest BCUT2D eigenvalue weighted by molar-refractivity contribution is -0.170. The molecule has 0 heterocycles. The fourth-order valence-corrected chi connectivity index (χ4v) is 2.56. The van der Waals surface area contributed by atoms with Gasteiger partial charge >= 0.3 is 5.97 Å². The molecular formula is C15H28O3. The van der Waals surface area contributed by atoms with E-state index < -0.39 is 17.1 Å². The van der Waals surface area contributed by atoms with Gasteiger partial charge in [-0.05, 0) is 40.5 Å². The Labute approximate surface area is 111 Å². The van der Waals surface area contributed by atoms with Crippen molar-refractivity contribution in [3.63, 3.8) is 0 Å². The molecule has 1 rings (SSSR count). The zero-order chi connectivity index (χ0) is 13.8. The minimum absolute atomic E-state index is 0.273. The van der Waals surface area contributed by atoms with Crippen LogP contribution in [0.25, 0.3) is 0 Å². The minimum Gasteiger partial charge on any atom is -0.460 e. The number of ether oxygens (including phenoxy) is 1. The highest BCUT2D eigenvalue weighted by Gasteiger charge is 2.39. The van der Waals surface area contributed by atoms with E-state index >= 15 is 0 Å². The number of aliphatic hydroxyl groups is 1. The fourth-order valence-electron chi connectivity index (χ4n) is 2.56. The molecule has 0 spiro atoms. The number of carbonyl (C=O) groups is 1. The first-order chi connectivity index (χ1) is 8.25. The van der Waals surface area contributed by atoms with E-state index in [4.69, 9.17) is 4.74 Å². The molecule has 1 N–H and O–H groups in total. The van der Waals surface area contributed by atoms with E-state index in [0.717, 1.165) is 25.7 Å². The number of carbonyl (C=O) groups excluding carboxylic acids is 1. The van der Waals surface area contributed by atoms with Gasteiger partial charge in [-0.15, -0.1) is 0 Å². The van der Waals surface area contributed by atoms with Crippen molar-refractivity contribution in [2.45, 2.75) is 83.8 Å². The summed E-state index contributed by atoms with van der Waals surface area (Å²) < 4.78 is 5.39. The van der Waals surface area contributed by atoms with Crippen molar-refractivity contribution in [1.29, 1.82) is 0 Å². The molecule has 0 bridgehead atoms. The third-order valence-electron chi connectivity index (χ3n) is 3.79. The largest absolute Gasteiger partial charge is 0.460 e. The molecule has 0 saturated heterocycles. The molecular weight excluding hydrogens is 228 g/mol. The molecule has 1 fully saturated rings. The fraction of sp³-hybridized carbons (Fsp3) is 0.933. The first-order valence-electron chi connectivity index (χ1n) is 7.20. The Balaban J connectivity index is 2.66. The first-order valence-corrected chi connectivity index (χ1v) is 7.20. The molecule has 0 aliphatic heterocycles. The van der Waals surface area contributed by atoms with Gasteiger partial charge in [-0.1, -0.05) is 32.1 Å². The van der Waals surface area contributed by atoms with Gasteiger partial charge in [0, 0.05) is 0 Å². The van der Waals surface area contributed by atoms with Gasteiger partial charge in [0.15, 0.2) is 0 Å². The Hall–Kier alpha value is -0.570. The Bertz CT molecular complexity index is 270. The van der Waals surface area contributed by atoms with Crippen LogP contribution in [-0.4, -0.2) is 22.3 Å². The van der Waals surface area contributed by atoms with Crippen LogP contribution in [-0.2, 0) is 9.53 Å². The number of rotatable bonds is 2. The van der Waals surface area contributed by atoms with Crippen molar-refractivity contribution >= 4 is 5.97 Å². The maximum atomic E-state index is 12.1. The van der Waals surface area contributed by atoms with Crippen LogP contribution in [0.5, 0.6) is 0 Å². The van der Waals surface area contributed by atoms with Crippen LogP contribution in [0.4, 0.5) is 0 Å². The molecule has 1 aliphatic carbocycles. The SMILES string of the molecule is CC(C(=O)OC(C)(C)C)C1(O)CCCCCCC1. The van der Waals surface area contributed by atoms with Crippen LogP contribution in [0.15, 0.2) is 0 Å². The van der Waals surface area contributed by atoms with E-state index in [-0.39, 0.29) is 5.97 Å². The Morgan fingerprint density at radius 2 is 1.56 bits per heavy atom. The summed E-state index contributed by atoms with van der Waals surface area (Å²) in [5.74, 6) is -0.708. The van der Waals surface area contributed by atoms with Crippen LogP contribution in [0.2, 0.25) is 0 Å². The van der Waals surface area contributed by atoms with Crippen LogP contribution in [0.3, 0.4) is 0 Å². The summed E-state index contributed by atoms with van der Waals surface area (Å²) >= 11 is 0. The Morgan fingerprint density at radius 3 is 2.00 bits per heavy atom. The first kappa shape index (κ1) is 15.5. The van der Waals surface area contributed by atoms with Gasteiger partial charge in [0.25, 0.3) is 0 Å². The van der Waals surface area contributed by atoms with E-state index in [1.54, 1.807) is 6.92 Å². The summed E-state index contributed by atoms with van der Waals surface area (Å²) in [4.78, 5) is 12.1. The molecule has 0 aromatic heterocycles. The lowest BCUT2D eigenvalue weighted by atomic mass is 9.78. The summed E-state index contributed by atoms with van der Waals surface area (Å²) in [7, 11) is 0. The predicted octanol–water partition coefficient (Wildman–Crippen LogP) is 3.44. The summed E-state index contributed by atoms with van der Waals surface area (Å²) in [5.41, 5.74) is -1.36. The lowest BCUT2D eigenvalue weighted by Crippen LogP contribution is -2.43. The maximum Gasteiger partial charge on any atom is 0.312 e.